The van der Waals surface area contributed by atoms with E-state index < -0.39 is 0 Å². The monoisotopic (exact) mass is 575 g/mol. The SMILES string of the molecule is N#Cc1ccc(-c2nc(-c3ccc(C#N)cc3)nc(-c3cccc(-c4cc5c6ccccc6oc5c5ccccc45)c3)n2)cc1. The topological polar surface area (TPSA) is 99.4 Å². The molecular weight excluding hydrogens is 554 g/mol. The lowest BCUT2D eigenvalue weighted by Gasteiger charge is -2.11. The number of hydrogen-bond donors (Lipinski definition) is 0. The van der Waals surface area contributed by atoms with Gasteiger partial charge in [-0.1, -0.05) is 60.7 Å². The van der Waals surface area contributed by atoms with Gasteiger partial charge in [0, 0.05) is 32.8 Å². The lowest BCUT2D eigenvalue weighted by atomic mass is 9.94. The van der Waals surface area contributed by atoms with Crippen LogP contribution >= 0.6 is 0 Å². The summed E-state index contributed by atoms with van der Waals surface area (Å²) in [5.41, 5.74) is 7.34. The Morgan fingerprint density at radius 1 is 0.444 bits per heavy atom. The summed E-state index contributed by atoms with van der Waals surface area (Å²) in [5, 5.41) is 22.9. The van der Waals surface area contributed by atoms with E-state index in [0.29, 0.717) is 28.6 Å². The lowest BCUT2D eigenvalue weighted by Crippen LogP contribution is -2.00. The minimum atomic E-state index is 0.492. The molecule has 8 aromatic rings. The summed E-state index contributed by atoms with van der Waals surface area (Å²) in [6, 6.07) is 45.5. The quantitative estimate of drug-likeness (QED) is 0.207. The van der Waals surface area contributed by atoms with Gasteiger partial charge in [-0.15, -0.1) is 0 Å². The minimum Gasteiger partial charge on any atom is -0.455 e. The maximum atomic E-state index is 9.29. The van der Waals surface area contributed by atoms with Gasteiger partial charge in [-0.05, 0) is 83.2 Å². The summed E-state index contributed by atoms with van der Waals surface area (Å²) in [7, 11) is 0. The minimum absolute atomic E-state index is 0.492. The molecule has 0 aliphatic rings. The number of furan rings is 1. The van der Waals surface area contributed by atoms with Crippen LogP contribution in [0.25, 0.3) is 78.0 Å². The summed E-state index contributed by atoms with van der Waals surface area (Å²) >= 11 is 0. The molecule has 0 bridgehead atoms. The first kappa shape index (κ1) is 26.0. The first-order valence-corrected chi connectivity index (χ1v) is 14.4. The maximum Gasteiger partial charge on any atom is 0.164 e. The molecule has 0 N–H and O–H groups in total. The molecule has 2 heterocycles. The molecule has 6 heteroatoms. The highest BCUT2D eigenvalue weighted by atomic mass is 16.3. The van der Waals surface area contributed by atoms with Gasteiger partial charge in [-0.3, -0.25) is 0 Å². The number of para-hydroxylation sites is 1. The second-order valence-electron chi connectivity index (χ2n) is 10.7. The maximum absolute atomic E-state index is 9.29. The van der Waals surface area contributed by atoms with E-state index >= 15 is 0 Å². The normalized spacial score (nSPS) is 11.1. The van der Waals surface area contributed by atoms with Crippen molar-refractivity contribution in [3.63, 3.8) is 0 Å². The van der Waals surface area contributed by atoms with Crippen LogP contribution in [0, 0.1) is 22.7 Å². The van der Waals surface area contributed by atoms with Crippen molar-refractivity contribution >= 4 is 32.7 Å². The number of aromatic nitrogens is 3. The molecule has 208 valence electrons. The molecule has 0 fully saturated rings. The highest BCUT2D eigenvalue weighted by Crippen LogP contribution is 2.40. The van der Waals surface area contributed by atoms with Gasteiger partial charge < -0.3 is 4.42 Å². The number of rotatable bonds is 4. The van der Waals surface area contributed by atoms with Gasteiger partial charge in [0.25, 0.3) is 0 Å². The van der Waals surface area contributed by atoms with Crippen LogP contribution in [0.15, 0.2) is 132 Å². The number of nitrogens with zero attached hydrogens (tertiary/aromatic N) is 5. The van der Waals surface area contributed by atoms with Crippen molar-refractivity contribution in [3.8, 4) is 57.4 Å². The molecule has 6 nitrogen and oxygen atoms in total. The number of hydrogen-bond acceptors (Lipinski definition) is 6. The third kappa shape index (κ3) is 4.55. The molecule has 2 aromatic heterocycles. The van der Waals surface area contributed by atoms with Crippen molar-refractivity contribution < 1.29 is 4.42 Å². The molecule has 8 rings (SSSR count). The second-order valence-corrected chi connectivity index (χ2v) is 10.7. The molecule has 0 saturated carbocycles. The van der Waals surface area contributed by atoms with Gasteiger partial charge in [0.2, 0.25) is 0 Å². The molecule has 0 atom stereocenters. The molecule has 0 amide bonds. The van der Waals surface area contributed by atoms with Crippen molar-refractivity contribution in [1.82, 2.24) is 15.0 Å². The fourth-order valence-electron chi connectivity index (χ4n) is 5.76. The van der Waals surface area contributed by atoms with Gasteiger partial charge in [-0.2, -0.15) is 10.5 Å². The van der Waals surface area contributed by atoms with Crippen LogP contribution in [0.1, 0.15) is 11.1 Å². The Hall–Kier alpha value is -6.63. The van der Waals surface area contributed by atoms with E-state index in [1.54, 1.807) is 24.3 Å². The van der Waals surface area contributed by atoms with Gasteiger partial charge in [0.05, 0.1) is 23.3 Å². The zero-order valence-corrected chi connectivity index (χ0v) is 23.8. The second kappa shape index (κ2) is 10.6. The highest BCUT2D eigenvalue weighted by Gasteiger charge is 2.17. The third-order valence-electron chi connectivity index (χ3n) is 8.00. The molecule has 6 aromatic carbocycles. The van der Waals surface area contributed by atoms with Crippen LogP contribution in [0.3, 0.4) is 0 Å². The number of nitriles is 2. The molecule has 45 heavy (non-hydrogen) atoms. The molecule has 0 aliphatic carbocycles. The van der Waals surface area contributed by atoms with Crippen molar-refractivity contribution in [2.75, 3.05) is 0 Å². The molecule has 0 aliphatic heterocycles. The van der Waals surface area contributed by atoms with E-state index in [1.165, 1.54) is 0 Å². The predicted molar refractivity (Wildman–Crippen MR) is 176 cm³/mol. The summed E-state index contributed by atoms with van der Waals surface area (Å²) < 4.78 is 6.33. The Morgan fingerprint density at radius 2 is 0.978 bits per heavy atom. The fraction of sp³-hybridized carbons (Fsp3) is 0. The highest BCUT2D eigenvalue weighted by molar-refractivity contribution is 6.19. The van der Waals surface area contributed by atoms with Crippen molar-refractivity contribution in [3.05, 3.63) is 139 Å². The molecule has 0 unspecified atom stereocenters. The van der Waals surface area contributed by atoms with Gasteiger partial charge in [-0.25, -0.2) is 15.0 Å². The molecular formula is C39H21N5O. The average Bonchev–Trinajstić information content (AvgIpc) is 3.50. The Kier molecular flexibility index (Phi) is 6.12. The summed E-state index contributed by atoms with van der Waals surface area (Å²) in [6.45, 7) is 0. The van der Waals surface area contributed by atoms with E-state index in [2.05, 4.69) is 48.5 Å². The van der Waals surface area contributed by atoms with Crippen molar-refractivity contribution in [1.29, 1.82) is 10.5 Å². The van der Waals surface area contributed by atoms with E-state index in [1.807, 2.05) is 66.7 Å². The van der Waals surface area contributed by atoms with Crippen LogP contribution in [0.4, 0.5) is 0 Å². The number of benzene rings is 6. The number of fused-ring (bicyclic) bond motifs is 5. The standard InChI is InChI=1S/C39H21N5O/c40-22-24-12-16-26(17-13-24)37-42-38(27-18-14-25(23-41)15-19-27)44-39(43-37)29-7-5-6-28(20-29)33-21-34-31-9-3-4-11-35(31)45-36(34)32-10-2-1-8-30(32)33/h1-21H. The Bertz CT molecular complexity index is 2420. The van der Waals surface area contributed by atoms with E-state index in [0.717, 1.165) is 60.5 Å². The van der Waals surface area contributed by atoms with Crippen LogP contribution < -0.4 is 0 Å². The molecule has 0 radical (unpaired) electrons. The first-order chi connectivity index (χ1) is 22.2. The third-order valence-corrected chi connectivity index (χ3v) is 8.00. The van der Waals surface area contributed by atoms with Crippen molar-refractivity contribution in [2.24, 2.45) is 0 Å². The summed E-state index contributed by atoms with van der Waals surface area (Å²) in [4.78, 5) is 14.6. The van der Waals surface area contributed by atoms with E-state index in [9.17, 15) is 10.5 Å². The summed E-state index contributed by atoms with van der Waals surface area (Å²) in [5.74, 6) is 1.50. The Labute approximate surface area is 258 Å². The predicted octanol–water partition coefficient (Wildman–Crippen LogP) is 9.34. The average molecular weight is 576 g/mol. The zero-order chi connectivity index (χ0) is 30.3. The zero-order valence-electron chi connectivity index (χ0n) is 23.8. The Balaban J connectivity index is 1.32. The van der Waals surface area contributed by atoms with Gasteiger partial charge in [0.15, 0.2) is 17.5 Å². The lowest BCUT2D eigenvalue weighted by molar-refractivity contribution is 0.672. The van der Waals surface area contributed by atoms with Crippen LogP contribution in [0.5, 0.6) is 0 Å². The van der Waals surface area contributed by atoms with Crippen LogP contribution in [-0.4, -0.2) is 15.0 Å². The first-order valence-electron chi connectivity index (χ1n) is 14.4. The Morgan fingerprint density at radius 3 is 1.60 bits per heavy atom. The van der Waals surface area contributed by atoms with Crippen molar-refractivity contribution in [2.45, 2.75) is 0 Å². The smallest absolute Gasteiger partial charge is 0.164 e. The van der Waals surface area contributed by atoms with Crippen LogP contribution in [-0.2, 0) is 0 Å². The molecule has 0 saturated heterocycles. The summed E-state index contributed by atoms with van der Waals surface area (Å²) in [6.07, 6.45) is 0. The largest absolute Gasteiger partial charge is 0.455 e. The van der Waals surface area contributed by atoms with Gasteiger partial charge >= 0.3 is 0 Å². The van der Waals surface area contributed by atoms with E-state index in [-0.39, 0.29) is 0 Å². The van der Waals surface area contributed by atoms with E-state index in [4.69, 9.17) is 19.4 Å². The van der Waals surface area contributed by atoms with Gasteiger partial charge in [0.1, 0.15) is 11.2 Å². The molecule has 0 spiro atoms. The van der Waals surface area contributed by atoms with Crippen LogP contribution in [0.2, 0.25) is 0 Å². The fourth-order valence-corrected chi connectivity index (χ4v) is 5.76.